The molecule has 0 aromatic carbocycles. The Labute approximate surface area is 145 Å². The summed E-state index contributed by atoms with van der Waals surface area (Å²) >= 11 is 0. The van der Waals surface area contributed by atoms with Crippen LogP contribution < -0.4 is 4.90 Å². The minimum Gasteiger partial charge on any atom is -0.373 e. The summed E-state index contributed by atoms with van der Waals surface area (Å²) in [5.41, 5.74) is 3.41. The number of hydrogen-bond acceptors (Lipinski definition) is 5. The number of hydrogen-bond donors (Lipinski definition) is 0. The number of anilines is 1. The van der Waals surface area contributed by atoms with Crippen LogP contribution in [0.1, 0.15) is 30.1 Å². The molecule has 2 saturated heterocycles. The first-order valence-electron chi connectivity index (χ1n) is 8.96. The Balaban J connectivity index is 1.20. The van der Waals surface area contributed by atoms with Gasteiger partial charge in [0, 0.05) is 44.4 Å². The summed E-state index contributed by atoms with van der Waals surface area (Å²) in [6.07, 6.45) is 7.41. The van der Waals surface area contributed by atoms with Crippen molar-refractivity contribution in [2.45, 2.75) is 38.6 Å². The van der Waals surface area contributed by atoms with E-state index < -0.39 is 0 Å². The average molecular weight is 342 g/mol. The molecule has 0 bridgehead atoms. The zero-order chi connectivity index (χ0) is 16.8. The van der Waals surface area contributed by atoms with Crippen LogP contribution in [0, 0.1) is 0 Å². The molecule has 25 heavy (non-hydrogen) atoms. The first-order valence-corrected chi connectivity index (χ1v) is 8.96. The quantitative estimate of drug-likeness (QED) is 0.822. The second kappa shape index (κ2) is 5.96. The summed E-state index contributed by atoms with van der Waals surface area (Å²) in [5, 5.41) is 8.93. The third-order valence-corrected chi connectivity index (χ3v) is 5.40. The van der Waals surface area contributed by atoms with Gasteiger partial charge in [-0.05, 0) is 6.42 Å². The van der Waals surface area contributed by atoms with Gasteiger partial charge in [0.2, 0.25) is 5.91 Å². The first kappa shape index (κ1) is 15.1. The summed E-state index contributed by atoms with van der Waals surface area (Å²) in [4.78, 5) is 16.1. The second-order valence-corrected chi connectivity index (χ2v) is 7.07. The van der Waals surface area contributed by atoms with Gasteiger partial charge in [0.05, 0.1) is 49.6 Å². The van der Waals surface area contributed by atoms with Crippen LogP contribution >= 0.6 is 0 Å². The fraction of sp³-hybridized carbons (Fsp3) is 0.588. The molecular formula is C17H22N6O2. The molecule has 8 heteroatoms. The van der Waals surface area contributed by atoms with Crippen LogP contribution in [0.3, 0.4) is 0 Å². The number of carbonyl (C=O) groups is 1. The lowest BCUT2D eigenvalue weighted by Gasteiger charge is -2.39. The molecule has 2 aromatic rings. The van der Waals surface area contributed by atoms with E-state index >= 15 is 0 Å². The van der Waals surface area contributed by atoms with Gasteiger partial charge in [-0.15, -0.1) is 0 Å². The molecular weight excluding hydrogens is 320 g/mol. The number of aromatic nitrogens is 4. The Morgan fingerprint density at radius 2 is 2.12 bits per heavy atom. The Hall–Kier alpha value is -2.19. The van der Waals surface area contributed by atoms with Gasteiger partial charge in [0.25, 0.3) is 0 Å². The fourth-order valence-corrected chi connectivity index (χ4v) is 3.93. The maximum absolute atomic E-state index is 11.8. The zero-order valence-electron chi connectivity index (χ0n) is 14.2. The Kier molecular flexibility index (Phi) is 3.60. The van der Waals surface area contributed by atoms with Crippen LogP contribution in [0.15, 0.2) is 18.6 Å². The van der Waals surface area contributed by atoms with Gasteiger partial charge in [-0.3, -0.25) is 19.1 Å². The molecule has 3 aliphatic rings. The van der Waals surface area contributed by atoms with Crippen LogP contribution in [-0.2, 0) is 29.2 Å². The molecule has 5 heterocycles. The van der Waals surface area contributed by atoms with Gasteiger partial charge in [0.1, 0.15) is 0 Å². The largest absolute Gasteiger partial charge is 0.373 e. The summed E-state index contributed by atoms with van der Waals surface area (Å²) in [5.74, 6) is 0.211. The van der Waals surface area contributed by atoms with Crippen LogP contribution in [0.5, 0.6) is 0 Å². The van der Waals surface area contributed by atoms with E-state index in [2.05, 4.69) is 19.8 Å². The molecule has 0 N–H and O–H groups in total. The molecule has 0 saturated carbocycles. The third kappa shape index (κ3) is 2.65. The smallest absolute Gasteiger partial charge is 0.227 e. The maximum atomic E-state index is 11.8. The Bertz CT molecular complexity index is 791. The van der Waals surface area contributed by atoms with Crippen LogP contribution in [-0.4, -0.2) is 56.6 Å². The molecule has 0 spiro atoms. The molecule has 8 nitrogen and oxygen atoms in total. The van der Waals surface area contributed by atoms with Crippen molar-refractivity contribution in [1.29, 1.82) is 0 Å². The van der Waals surface area contributed by atoms with E-state index in [0.717, 1.165) is 51.4 Å². The Morgan fingerprint density at radius 1 is 1.20 bits per heavy atom. The minimum absolute atomic E-state index is 0.211. The third-order valence-electron chi connectivity index (χ3n) is 5.40. The van der Waals surface area contributed by atoms with E-state index in [-0.39, 0.29) is 5.91 Å². The van der Waals surface area contributed by atoms with Crippen molar-refractivity contribution in [3.8, 4) is 0 Å². The van der Waals surface area contributed by atoms with Gasteiger partial charge in [-0.2, -0.15) is 10.2 Å². The minimum atomic E-state index is 0.211. The maximum Gasteiger partial charge on any atom is 0.227 e. The van der Waals surface area contributed by atoms with E-state index in [9.17, 15) is 4.79 Å². The van der Waals surface area contributed by atoms with Crippen LogP contribution in [0.4, 0.5) is 5.69 Å². The van der Waals surface area contributed by atoms with Crippen molar-refractivity contribution in [1.82, 2.24) is 24.5 Å². The highest BCUT2D eigenvalue weighted by Gasteiger charge is 2.31. The number of amides is 1. The van der Waals surface area contributed by atoms with Gasteiger partial charge in [0.15, 0.2) is 0 Å². The number of nitrogens with zero attached hydrogens (tertiary/aromatic N) is 6. The highest BCUT2D eigenvalue weighted by atomic mass is 16.5. The van der Waals surface area contributed by atoms with E-state index in [4.69, 9.17) is 4.74 Å². The first-order chi connectivity index (χ1) is 12.3. The van der Waals surface area contributed by atoms with E-state index in [1.165, 1.54) is 11.3 Å². The molecule has 1 amide bonds. The standard InChI is InChI=1S/C17H22N6O2/c24-17-2-1-3-21(17)14-7-19-23(11-14)15-9-20(10-15)8-13-6-18-22-4-5-25-12-16(13)22/h6-7,11,15H,1-5,8-10,12H2. The van der Waals surface area contributed by atoms with Crippen molar-refractivity contribution < 1.29 is 9.53 Å². The van der Waals surface area contributed by atoms with Crippen molar-refractivity contribution >= 4 is 11.6 Å². The molecule has 0 atom stereocenters. The van der Waals surface area contributed by atoms with Crippen LogP contribution in [0.25, 0.3) is 0 Å². The van der Waals surface area contributed by atoms with E-state index in [1.807, 2.05) is 28.2 Å². The lowest BCUT2D eigenvalue weighted by Crippen LogP contribution is -2.47. The van der Waals surface area contributed by atoms with Crippen molar-refractivity contribution in [3.63, 3.8) is 0 Å². The predicted octanol–water partition coefficient (Wildman–Crippen LogP) is 0.793. The zero-order valence-corrected chi connectivity index (χ0v) is 14.2. The van der Waals surface area contributed by atoms with Crippen LogP contribution in [0.2, 0.25) is 0 Å². The SMILES string of the molecule is O=C1CCCN1c1cnn(C2CN(Cc3cnn4c3COCC4)C2)c1. The number of carbonyl (C=O) groups excluding carboxylic acids is 1. The lowest BCUT2D eigenvalue weighted by molar-refractivity contribution is -0.117. The molecule has 2 fully saturated rings. The topological polar surface area (TPSA) is 68.4 Å². The number of likely N-dealkylation sites (tertiary alicyclic amines) is 1. The monoisotopic (exact) mass is 342 g/mol. The highest BCUT2D eigenvalue weighted by Crippen LogP contribution is 2.27. The molecule has 3 aliphatic heterocycles. The van der Waals surface area contributed by atoms with Gasteiger partial charge < -0.3 is 9.64 Å². The van der Waals surface area contributed by atoms with E-state index in [0.29, 0.717) is 19.1 Å². The average Bonchev–Trinajstić information content (AvgIpc) is 3.30. The van der Waals surface area contributed by atoms with Crippen molar-refractivity contribution in [3.05, 3.63) is 29.8 Å². The number of rotatable bonds is 4. The summed E-state index contributed by atoms with van der Waals surface area (Å²) < 4.78 is 9.62. The lowest BCUT2D eigenvalue weighted by atomic mass is 10.1. The summed E-state index contributed by atoms with van der Waals surface area (Å²) in [7, 11) is 0. The molecule has 0 unspecified atom stereocenters. The summed E-state index contributed by atoms with van der Waals surface area (Å²) in [6, 6.07) is 0.383. The number of fused-ring (bicyclic) bond motifs is 1. The molecule has 0 aliphatic carbocycles. The van der Waals surface area contributed by atoms with Crippen molar-refractivity contribution in [2.24, 2.45) is 0 Å². The predicted molar refractivity (Wildman–Crippen MR) is 90.0 cm³/mol. The Morgan fingerprint density at radius 3 is 2.96 bits per heavy atom. The van der Waals surface area contributed by atoms with Gasteiger partial charge in [-0.25, -0.2) is 0 Å². The molecule has 0 radical (unpaired) electrons. The fourth-order valence-electron chi connectivity index (χ4n) is 3.93. The van der Waals surface area contributed by atoms with Crippen molar-refractivity contribution in [2.75, 3.05) is 31.1 Å². The second-order valence-electron chi connectivity index (χ2n) is 7.07. The molecule has 132 valence electrons. The van der Waals surface area contributed by atoms with Gasteiger partial charge in [-0.1, -0.05) is 0 Å². The normalized spacial score (nSPS) is 21.6. The van der Waals surface area contributed by atoms with Gasteiger partial charge >= 0.3 is 0 Å². The molecule has 5 rings (SSSR count). The summed E-state index contributed by atoms with van der Waals surface area (Å²) in [6.45, 7) is 5.94. The van der Waals surface area contributed by atoms with E-state index in [1.54, 1.807) is 0 Å². The highest BCUT2D eigenvalue weighted by molar-refractivity contribution is 5.95. The number of ether oxygens (including phenoxy) is 1. The molecule has 2 aromatic heterocycles.